The number of aliphatic hydroxyl groups is 1. The molecule has 7 nitrogen and oxygen atoms in total. The smallest absolute Gasteiger partial charge is 0.275 e. The summed E-state index contributed by atoms with van der Waals surface area (Å²) in [5.74, 6) is 0.396. The van der Waals surface area contributed by atoms with Crippen molar-refractivity contribution in [2.75, 3.05) is 13.1 Å². The number of nitrogens with zero attached hydrogens (tertiary/aromatic N) is 3. The maximum absolute atomic E-state index is 12.6. The third-order valence-electron chi connectivity index (χ3n) is 5.08. The van der Waals surface area contributed by atoms with E-state index in [4.69, 9.17) is 4.42 Å². The van der Waals surface area contributed by atoms with Crippen LogP contribution in [0.2, 0.25) is 0 Å². The van der Waals surface area contributed by atoms with Crippen LogP contribution in [0.15, 0.2) is 41.3 Å². The van der Waals surface area contributed by atoms with Gasteiger partial charge in [0.25, 0.3) is 5.91 Å². The standard InChI is InChI=1S/C20H24N4O3/c25-19(17-14-27-18(23-17)13-22-16-3-4-16)24-10-7-20(26,8-11-24)6-5-15-2-1-9-21-12-15/h1-2,5-6,9,12,14,16,22,26H,3-4,7-8,10-11,13H2/b6-5+. The molecule has 142 valence electrons. The summed E-state index contributed by atoms with van der Waals surface area (Å²) in [6.07, 6.45) is 11.9. The van der Waals surface area contributed by atoms with Crippen molar-refractivity contribution in [1.82, 2.24) is 20.2 Å². The van der Waals surface area contributed by atoms with Crippen molar-refractivity contribution in [1.29, 1.82) is 0 Å². The van der Waals surface area contributed by atoms with Crippen molar-refractivity contribution in [2.45, 2.75) is 43.9 Å². The van der Waals surface area contributed by atoms with Crippen LogP contribution in [0.25, 0.3) is 6.08 Å². The van der Waals surface area contributed by atoms with Gasteiger partial charge >= 0.3 is 0 Å². The van der Waals surface area contributed by atoms with Crippen LogP contribution in [0, 0.1) is 0 Å². The number of pyridine rings is 1. The maximum atomic E-state index is 12.6. The number of nitrogens with one attached hydrogen (secondary N) is 1. The highest BCUT2D eigenvalue weighted by molar-refractivity contribution is 5.92. The Morgan fingerprint density at radius 3 is 2.93 bits per heavy atom. The minimum atomic E-state index is -0.907. The van der Waals surface area contributed by atoms with E-state index in [1.807, 2.05) is 24.3 Å². The Kier molecular flexibility index (Phi) is 5.05. The first-order chi connectivity index (χ1) is 13.1. The highest BCUT2D eigenvalue weighted by Gasteiger charge is 2.33. The first-order valence-electron chi connectivity index (χ1n) is 9.40. The van der Waals surface area contributed by atoms with Gasteiger partial charge in [-0.15, -0.1) is 0 Å². The van der Waals surface area contributed by atoms with Gasteiger partial charge in [-0.2, -0.15) is 0 Å². The molecule has 0 radical (unpaired) electrons. The molecular weight excluding hydrogens is 344 g/mol. The van der Waals surface area contributed by atoms with Crippen LogP contribution in [0.1, 0.15) is 47.6 Å². The second kappa shape index (κ2) is 7.62. The summed E-state index contributed by atoms with van der Waals surface area (Å²) in [5, 5.41) is 14.1. The topological polar surface area (TPSA) is 91.5 Å². The minimum absolute atomic E-state index is 0.144. The lowest BCUT2D eigenvalue weighted by molar-refractivity contribution is 0.0190. The van der Waals surface area contributed by atoms with Gasteiger partial charge in [0.05, 0.1) is 12.1 Å². The lowest BCUT2D eigenvalue weighted by atomic mass is 9.90. The van der Waals surface area contributed by atoms with E-state index >= 15 is 0 Å². The summed E-state index contributed by atoms with van der Waals surface area (Å²) in [5.41, 5.74) is 0.369. The fourth-order valence-electron chi connectivity index (χ4n) is 3.16. The van der Waals surface area contributed by atoms with Gasteiger partial charge in [0.1, 0.15) is 6.26 Å². The summed E-state index contributed by atoms with van der Waals surface area (Å²) in [6.45, 7) is 1.52. The molecule has 2 N–H and O–H groups in total. The SMILES string of the molecule is O=C(c1coc(CNC2CC2)n1)N1CCC(O)(/C=C/c2cccnc2)CC1. The van der Waals surface area contributed by atoms with Gasteiger partial charge in [0.15, 0.2) is 5.69 Å². The number of hydrogen-bond acceptors (Lipinski definition) is 6. The summed E-state index contributed by atoms with van der Waals surface area (Å²) < 4.78 is 5.40. The minimum Gasteiger partial charge on any atom is -0.447 e. The quantitative estimate of drug-likeness (QED) is 0.810. The molecule has 1 aliphatic carbocycles. The van der Waals surface area contributed by atoms with Crippen LogP contribution in [0.4, 0.5) is 0 Å². The normalized spacial score (nSPS) is 19.5. The zero-order valence-corrected chi connectivity index (χ0v) is 15.2. The molecule has 1 amide bonds. The molecule has 2 fully saturated rings. The van der Waals surface area contributed by atoms with E-state index in [9.17, 15) is 9.90 Å². The van der Waals surface area contributed by atoms with Gasteiger partial charge in [0.2, 0.25) is 5.89 Å². The number of carbonyl (C=O) groups is 1. The van der Waals surface area contributed by atoms with Gasteiger partial charge < -0.3 is 19.7 Å². The number of hydrogen-bond donors (Lipinski definition) is 2. The van der Waals surface area contributed by atoms with E-state index in [2.05, 4.69) is 15.3 Å². The van der Waals surface area contributed by atoms with Crippen LogP contribution in [0.3, 0.4) is 0 Å². The van der Waals surface area contributed by atoms with E-state index in [-0.39, 0.29) is 5.91 Å². The van der Waals surface area contributed by atoms with Crippen LogP contribution in [0.5, 0.6) is 0 Å². The van der Waals surface area contributed by atoms with Crippen molar-refractivity contribution in [3.63, 3.8) is 0 Å². The molecule has 2 aliphatic rings. The molecule has 0 aromatic carbocycles. The second-order valence-corrected chi connectivity index (χ2v) is 7.30. The lowest BCUT2D eigenvalue weighted by Gasteiger charge is -2.36. The van der Waals surface area contributed by atoms with Crippen molar-refractivity contribution in [3.05, 3.63) is 54.0 Å². The van der Waals surface area contributed by atoms with Gasteiger partial charge in [-0.3, -0.25) is 9.78 Å². The number of piperidine rings is 1. The van der Waals surface area contributed by atoms with Gasteiger partial charge in [-0.25, -0.2) is 4.98 Å². The van der Waals surface area contributed by atoms with Crippen LogP contribution in [-0.4, -0.2) is 50.6 Å². The van der Waals surface area contributed by atoms with Crippen LogP contribution in [-0.2, 0) is 6.54 Å². The average Bonchev–Trinajstić information content (AvgIpc) is 3.41. The Morgan fingerprint density at radius 2 is 2.22 bits per heavy atom. The fraction of sp³-hybridized carbons (Fsp3) is 0.450. The Hall–Kier alpha value is -2.51. The molecule has 0 spiro atoms. The molecule has 1 saturated carbocycles. The molecule has 2 aromatic rings. The number of aromatic nitrogens is 2. The predicted molar refractivity (Wildman–Crippen MR) is 99.7 cm³/mol. The summed E-state index contributed by atoms with van der Waals surface area (Å²) >= 11 is 0. The lowest BCUT2D eigenvalue weighted by Crippen LogP contribution is -2.45. The van der Waals surface area contributed by atoms with E-state index in [0.717, 1.165) is 5.56 Å². The fourth-order valence-corrected chi connectivity index (χ4v) is 3.16. The van der Waals surface area contributed by atoms with Crippen molar-refractivity contribution >= 4 is 12.0 Å². The molecule has 0 atom stereocenters. The molecule has 0 bridgehead atoms. The van der Waals surface area contributed by atoms with E-state index in [1.165, 1.54) is 19.1 Å². The van der Waals surface area contributed by atoms with Crippen molar-refractivity contribution in [2.24, 2.45) is 0 Å². The molecule has 27 heavy (non-hydrogen) atoms. The molecule has 3 heterocycles. The van der Waals surface area contributed by atoms with E-state index in [0.29, 0.717) is 50.1 Å². The number of likely N-dealkylation sites (tertiary alicyclic amines) is 1. The van der Waals surface area contributed by atoms with E-state index < -0.39 is 5.60 Å². The monoisotopic (exact) mass is 368 g/mol. The number of carbonyl (C=O) groups excluding carboxylic acids is 1. The Bertz CT molecular complexity index is 806. The van der Waals surface area contributed by atoms with Gasteiger partial charge in [-0.1, -0.05) is 18.2 Å². The first-order valence-corrected chi connectivity index (χ1v) is 9.40. The molecular formula is C20H24N4O3. The molecule has 2 aromatic heterocycles. The number of amides is 1. The predicted octanol–water partition coefficient (Wildman–Crippen LogP) is 2.00. The average molecular weight is 368 g/mol. The molecule has 7 heteroatoms. The highest BCUT2D eigenvalue weighted by Crippen LogP contribution is 2.25. The molecule has 4 rings (SSSR count). The van der Waals surface area contributed by atoms with Crippen LogP contribution >= 0.6 is 0 Å². The second-order valence-electron chi connectivity index (χ2n) is 7.30. The zero-order valence-electron chi connectivity index (χ0n) is 15.2. The third kappa shape index (κ3) is 4.61. The zero-order chi connectivity index (χ0) is 18.7. The van der Waals surface area contributed by atoms with Crippen molar-refractivity contribution in [3.8, 4) is 0 Å². The van der Waals surface area contributed by atoms with E-state index in [1.54, 1.807) is 17.3 Å². The van der Waals surface area contributed by atoms with Crippen LogP contribution < -0.4 is 5.32 Å². The summed E-state index contributed by atoms with van der Waals surface area (Å²) in [4.78, 5) is 22.7. The largest absolute Gasteiger partial charge is 0.447 e. The third-order valence-corrected chi connectivity index (χ3v) is 5.08. The molecule has 1 saturated heterocycles. The number of rotatable bonds is 6. The Morgan fingerprint density at radius 1 is 1.41 bits per heavy atom. The van der Waals surface area contributed by atoms with Gasteiger partial charge in [0, 0.05) is 31.5 Å². The molecule has 0 unspecified atom stereocenters. The highest BCUT2D eigenvalue weighted by atomic mass is 16.3. The Labute approximate surface area is 158 Å². The summed E-state index contributed by atoms with van der Waals surface area (Å²) in [7, 11) is 0. The first kappa shape index (κ1) is 17.9. The summed E-state index contributed by atoms with van der Waals surface area (Å²) in [6, 6.07) is 4.36. The molecule has 1 aliphatic heterocycles. The van der Waals surface area contributed by atoms with Gasteiger partial charge in [-0.05, 0) is 37.3 Å². The number of oxazole rings is 1. The Balaban J connectivity index is 1.31. The maximum Gasteiger partial charge on any atom is 0.275 e. The van der Waals surface area contributed by atoms with Crippen molar-refractivity contribution < 1.29 is 14.3 Å².